The van der Waals surface area contributed by atoms with Crippen LogP contribution in [0.15, 0.2) is 30.7 Å². The molecule has 5 atom stereocenters. The fraction of sp³-hybridized carbons (Fsp3) is 0.536. The summed E-state index contributed by atoms with van der Waals surface area (Å²) in [5.74, 6) is 0.650. The van der Waals surface area contributed by atoms with Crippen molar-refractivity contribution < 1.29 is 18.7 Å². The number of pyridine rings is 2. The van der Waals surface area contributed by atoms with Gasteiger partial charge in [-0.15, -0.1) is 0 Å². The van der Waals surface area contributed by atoms with Crippen LogP contribution in [0, 0.1) is 23.2 Å². The van der Waals surface area contributed by atoms with Gasteiger partial charge in [-0.1, -0.05) is 0 Å². The topological polar surface area (TPSA) is 129 Å². The number of carbonyl (C=O) groups excluding carboxylic acids is 1. The molecular weight excluding hydrogens is 504 g/mol. The van der Waals surface area contributed by atoms with Crippen molar-refractivity contribution in [3.8, 4) is 11.9 Å². The number of carbonyl (C=O) groups is 1. The third kappa shape index (κ3) is 4.71. The summed E-state index contributed by atoms with van der Waals surface area (Å²) in [6.07, 6.45) is 7.63. The molecule has 9 nitrogen and oxygen atoms in total. The maximum Gasteiger partial charge on any atom is 0.255 e. The Hall–Kier alpha value is -3.65. The van der Waals surface area contributed by atoms with Gasteiger partial charge in [0.25, 0.3) is 5.91 Å². The molecule has 11 heteroatoms. The summed E-state index contributed by atoms with van der Waals surface area (Å²) in [7, 11) is 0. The Balaban J connectivity index is 1.37. The number of hydrogen-bond donors (Lipinski definition) is 3. The molecule has 2 unspecified atom stereocenters. The van der Waals surface area contributed by atoms with Gasteiger partial charge in [0, 0.05) is 29.4 Å². The lowest BCUT2D eigenvalue weighted by Crippen LogP contribution is -2.62. The largest absolute Gasteiger partial charge is 0.390 e. The number of aromatic nitrogens is 4. The van der Waals surface area contributed by atoms with E-state index >= 15 is 0 Å². The Kier molecular flexibility index (Phi) is 5.88. The van der Waals surface area contributed by atoms with Crippen molar-refractivity contribution >= 4 is 22.6 Å². The van der Waals surface area contributed by atoms with Gasteiger partial charge < -0.3 is 15.7 Å². The number of amides is 1. The van der Waals surface area contributed by atoms with Crippen molar-refractivity contribution in [3.05, 3.63) is 41.9 Å². The first-order valence-electron chi connectivity index (χ1n) is 13.3. The number of nitrogens with zero attached hydrogens (tertiary/aromatic N) is 5. The van der Waals surface area contributed by atoms with Crippen LogP contribution in [0.5, 0.6) is 0 Å². The van der Waals surface area contributed by atoms with E-state index in [4.69, 9.17) is 0 Å². The van der Waals surface area contributed by atoms with Gasteiger partial charge in [-0.25, -0.2) is 18.7 Å². The van der Waals surface area contributed by atoms with Crippen LogP contribution < -0.4 is 10.6 Å². The molecule has 39 heavy (non-hydrogen) atoms. The fourth-order valence-electron chi connectivity index (χ4n) is 7.16. The zero-order valence-corrected chi connectivity index (χ0v) is 21.9. The molecule has 4 saturated carbocycles. The molecule has 3 heterocycles. The molecule has 3 N–H and O–H groups in total. The highest BCUT2D eigenvalue weighted by Gasteiger charge is 2.57. The van der Waals surface area contributed by atoms with E-state index in [1.165, 1.54) is 17.1 Å². The minimum atomic E-state index is -2.09. The zero-order chi connectivity index (χ0) is 27.6. The second-order valence-electron chi connectivity index (χ2n) is 12.2. The Morgan fingerprint density at radius 3 is 2.64 bits per heavy atom. The summed E-state index contributed by atoms with van der Waals surface area (Å²) >= 11 is 0. The first kappa shape index (κ1) is 25.6. The van der Waals surface area contributed by atoms with Gasteiger partial charge in [-0.05, 0) is 70.3 Å². The van der Waals surface area contributed by atoms with Gasteiger partial charge in [-0.3, -0.25) is 4.79 Å². The van der Waals surface area contributed by atoms with Crippen molar-refractivity contribution in [2.75, 3.05) is 11.9 Å². The highest BCUT2D eigenvalue weighted by Crippen LogP contribution is 2.58. The first-order valence-corrected chi connectivity index (χ1v) is 13.3. The van der Waals surface area contributed by atoms with Crippen LogP contribution in [-0.4, -0.2) is 60.3 Å². The fourth-order valence-corrected chi connectivity index (χ4v) is 7.16. The van der Waals surface area contributed by atoms with Gasteiger partial charge in [0.05, 0.1) is 35.2 Å². The predicted octanol–water partition coefficient (Wildman–Crippen LogP) is 4.00. The molecule has 4 aliphatic carbocycles. The van der Waals surface area contributed by atoms with Gasteiger partial charge >= 0.3 is 0 Å². The molecule has 0 radical (unpaired) electrons. The molecule has 0 saturated heterocycles. The summed E-state index contributed by atoms with van der Waals surface area (Å²) in [5, 5.41) is 31.6. The lowest BCUT2D eigenvalue weighted by atomic mass is 9.51. The van der Waals surface area contributed by atoms with E-state index in [1.807, 2.05) is 0 Å². The molecule has 0 spiro atoms. The molecule has 0 aliphatic heterocycles. The molecule has 4 bridgehead atoms. The summed E-state index contributed by atoms with van der Waals surface area (Å²) in [6.45, 7) is 1.79. The molecular formula is C28H31F2N7O2. The Morgan fingerprint density at radius 2 is 1.97 bits per heavy atom. The SMILES string of the molecule is CC(C)(F)[C@H](F)CNC(=O)c1cnc(-n2ncc3cc(C#N)cnc32)cc1N[C@]12CC3C[C@H](CC(O)(C3)C1)C2. The number of aliphatic hydroxyl groups is 1. The highest BCUT2D eigenvalue weighted by atomic mass is 19.2. The predicted molar refractivity (Wildman–Crippen MR) is 140 cm³/mol. The van der Waals surface area contributed by atoms with Crippen LogP contribution in [0.3, 0.4) is 0 Å². The van der Waals surface area contributed by atoms with E-state index in [0.717, 1.165) is 46.0 Å². The minimum Gasteiger partial charge on any atom is -0.390 e. The molecule has 4 fully saturated rings. The van der Waals surface area contributed by atoms with E-state index in [2.05, 4.69) is 31.8 Å². The highest BCUT2D eigenvalue weighted by molar-refractivity contribution is 5.99. The number of alkyl halides is 2. The van der Waals surface area contributed by atoms with Gasteiger partial charge in [0.2, 0.25) is 0 Å². The second kappa shape index (κ2) is 8.95. The third-order valence-corrected chi connectivity index (χ3v) is 8.51. The summed E-state index contributed by atoms with van der Waals surface area (Å²) in [5.41, 5.74) is -1.61. The van der Waals surface area contributed by atoms with Crippen molar-refractivity contribution in [1.82, 2.24) is 25.1 Å². The van der Waals surface area contributed by atoms with Gasteiger partial charge in [0.1, 0.15) is 11.7 Å². The number of fused-ring (bicyclic) bond motifs is 1. The quantitative estimate of drug-likeness (QED) is 0.417. The molecule has 3 aromatic heterocycles. The molecule has 4 aliphatic rings. The Labute approximate surface area is 224 Å². The van der Waals surface area contributed by atoms with E-state index in [0.29, 0.717) is 46.4 Å². The molecule has 0 aromatic carbocycles. The third-order valence-electron chi connectivity index (χ3n) is 8.51. The lowest BCUT2D eigenvalue weighted by Gasteiger charge is -2.60. The van der Waals surface area contributed by atoms with Crippen molar-refractivity contribution in [2.45, 2.75) is 75.4 Å². The van der Waals surface area contributed by atoms with Crippen LogP contribution in [0.4, 0.5) is 14.5 Å². The van der Waals surface area contributed by atoms with Crippen molar-refractivity contribution in [1.29, 1.82) is 5.26 Å². The minimum absolute atomic E-state index is 0.196. The maximum absolute atomic E-state index is 14.3. The average Bonchev–Trinajstić information content (AvgIpc) is 3.28. The molecule has 204 valence electrons. The molecule has 7 rings (SSSR count). The molecule has 3 aromatic rings. The summed E-state index contributed by atoms with van der Waals surface area (Å²) in [4.78, 5) is 22.1. The number of rotatable bonds is 7. The summed E-state index contributed by atoms with van der Waals surface area (Å²) < 4.78 is 29.8. The van der Waals surface area contributed by atoms with Crippen LogP contribution >= 0.6 is 0 Å². The van der Waals surface area contributed by atoms with Crippen LogP contribution in [0.25, 0.3) is 16.9 Å². The lowest BCUT2D eigenvalue weighted by molar-refractivity contribution is -0.127. The number of hydrogen-bond acceptors (Lipinski definition) is 7. The van der Waals surface area contributed by atoms with Crippen molar-refractivity contribution in [2.24, 2.45) is 11.8 Å². The Morgan fingerprint density at radius 1 is 1.23 bits per heavy atom. The van der Waals surface area contributed by atoms with E-state index < -0.39 is 29.9 Å². The van der Waals surface area contributed by atoms with Gasteiger partial charge in [0.15, 0.2) is 17.6 Å². The van der Waals surface area contributed by atoms with E-state index in [1.54, 1.807) is 18.3 Å². The summed E-state index contributed by atoms with van der Waals surface area (Å²) in [6, 6.07) is 5.45. The van der Waals surface area contributed by atoms with E-state index in [9.17, 15) is 23.9 Å². The second-order valence-corrected chi connectivity index (χ2v) is 12.2. The number of anilines is 1. The average molecular weight is 536 g/mol. The van der Waals surface area contributed by atoms with Crippen LogP contribution in [0.2, 0.25) is 0 Å². The Bertz CT molecular complexity index is 1480. The zero-order valence-electron chi connectivity index (χ0n) is 21.9. The van der Waals surface area contributed by atoms with Crippen LogP contribution in [0.1, 0.15) is 68.3 Å². The number of nitriles is 1. The monoisotopic (exact) mass is 535 g/mol. The number of halogens is 2. The van der Waals surface area contributed by atoms with Crippen molar-refractivity contribution in [3.63, 3.8) is 0 Å². The van der Waals surface area contributed by atoms with Crippen LogP contribution in [-0.2, 0) is 0 Å². The number of nitrogens with one attached hydrogen (secondary N) is 2. The van der Waals surface area contributed by atoms with E-state index in [-0.39, 0.29) is 11.1 Å². The maximum atomic E-state index is 14.3. The smallest absolute Gasteiger partial charge is 0.255 e. The standard InChI is InChI=1S/C28H31F2N7O2/c1-26(2,30)22(29)14-34-25(38)20-13-32-23(37-24-19(12-35-37)4-18(10-31)11-33-24)5-21(20)36-27-6-16-3-17(7-27)9-28(39,8-16)15-27/h4-5,11-13,16-17,22,39H,3,6-9,14-15H2,1-2H3,(H,32,36)(H,34,38)/t16-,17?,22+,27+,28?/m0/s1. The molecule has 1 amide bonds. The normalized spacial score (nSPS) is 28.3. The first-order chi connectivity index (χ1) is 18.5. The van der Waals surface area contributed by atoms with Gasteiger partial charge in [-0.2, -0.15) is 15.0 Å².